The van der Waals surface area contributed by atoms with Crippen LogP contribution in [0.5, 0.6) is 11.5 Å². The van der Waals surface area contributed by atoms with Gasteiger partial charge in [0.2, 0.25) is 5.12 Å². The molecule has 43 heavy (non-hydrogen) atoms. The molecule has 9 heteroatoms. The highest BCUT2D eigenvalue weighted by Crippen LogP contribution is 2.46. The molecule has 0 saturated heterocycles. The average molecular weight is 598 g/mol. The third kappa shape index (κ3) is 7.06. The topological polar surface area (TPSA) is 99.2 Å². The number of hydrogen-bond donors (Lipinski definition) is 0. The van der Waals surface area contributed by atoms with Gasteiger partial charge in [-0.15, -0.1) is 0 Å². The van der Waals surface area contributed by atoms with Gasteiger partial charge >= 0.3 is 5.97 Å². The number of benzene rings is 3. The fourth-order valence-electron chi connectivity index (χ4n) is 5.01. The van der Waals surface area contributed by atoms with Crippen LogP contribution in [0.3, 0.4) is 0 Å². The lowest BCUT2D eigenvalue weighted by Crippen LogP contribution is -2.31. The van der Waals surface area contributed by atoms with Crippen LogP contribution in [0.4, 0.5) is 0 Å². The lowest BCUT2D eigenvalue weighted by atomic mass is 9.98. The van der Waals surface area contributed by atoms with Crippen molar-refractivity contribution in [1.82, 2.24) is 4.90 Å². The van der Waals surface area contributed by atoms with Gasteiger partial charge in [0, 0.05) is 47.6 Å². The van der Waals surface area contributed by atoms with Gasteiger partial charge in [-0.3, -0.25) is 19.3 Å². The number of thioether (sulfide) groups is 1. The van der Waals surface area contributed by atoms with Gasteiger partial charge in [0.25, 0.3) is 11.8 Å². The molecule has 1 unspecified atom stereocenters. The third-order valence-electron chi connectivity index (χ3n) is 7.23. The van der Waals surface area contributed by atoms with Crippen LogP contribution in [0.25, 0.3) is 11.1 Å². The standard InChI is InChI=1S/C34H31NO7S/c1-3-33(38)42-19-5-18-40-24-7-10-26(11-8-24)43-34(39)23-6-12-27-28-13-9-25(21-30(28)22(2)29(27)20-23)41-17-4-16-35-31(36)14-15-32(35)37/h3,6-15,20-22H,1,4-5,16-19H2,2H3. The van der Waals surface area contributed by atoms with Crippen LogP contribution in [0.15, 0.2) is 90.4 Å². The molecular formula is C34H31NO7S. The van der Waals surface area contributed by atoms with Crippen molar-refractivity contribution in [2.75, 3.05) is 26.4 Å². The summed E-state index contributed by atoms with van der Waals surface area (Å²) < 4.78 is 16.5. The summed E-state index contributed by atoms with van der Waals surface area (Å²) in [6, 6.07) is 19.2. The molecule has 8 nitrogen and oxygen atoms in total. The molecule has 1 aliphatic carbocycles. The lowest BCUT2D eigenvalue weighted by Gasteiger charge is -2.14. The maximum atomic E-state index is 13.2. The molecule has 1 heterocycles. The second-order valence-electron chi connectivity index (χ2n) is 10.1. The summed E-state index contributed by atoms with van der Waals surface area (Å²) >= 11 is 1.17. The molecule has 0 bridgehead atoms. The molecule has 0 fully saturated rings. The Morgan fingerprint density at radius 3 is 2.19 bits per heavy atom. The molecule has 0 N–H and O–H groups in total. The van der Waals surface area contributed by atoms with Crippen molar-refractivity contribution in [3.63, 3.8) is 0 Å². The zero-order valence-electron chi connectivity index (χ0n) is 23.7. The predicted molar refractivity (Wildman–Crippen MR) is 163 cm³/mol. The third-order valence-corrected chi connectivity index (χ3v) is 8.16. The van der Waals surface area contributed by atoms with E-state index in [2.05, 4.69) is 13.5 Å². The zero-order valence-corrected chi connectivity index (χ0v) is 24.6. The van der Waals surface area contributed by atoms with Crippen molar-refractivity contribution in [3.8, 4) is 22.6 Å². The molecule has 0 aromatic heterocycles. The van der Waals surface area contributed by atoms with Crippen LogP contribution in [0, 0.1) is 0 Å². The van der Waals surface area contributed by atoms with Crippen LogP contribution >= 0.6 is 11.8 Å². The fraction of sp³-hybridized carbons (Fsp3) is 0.235. The first-order valence-corrected chi connectivity index (χ1v) is 14.8. The van der Waals surface area contributed by atoms with Gasteiger partial charge in [0.05, 0.1) is 19.8 Å². The SMILES string of the molecule is C=CC(=O)OCCCOc1ccc(SC(=O)c2ccc3c(c2)C(C)c2cc(OCCCN4C(=O)C=CC4=O)ccc2-3)cc1. The molecule has 0 spiro atoms. The molecule has 220 valence electrons. The molecule has 2 amide bonds. The van der Waals surface area contributed by atoms with Crippen LogP contribution in [0.1, 0.15) is 47.2 Å². The van der Waals surface area contributed by atoms with Crippen LogP contribution in [-0.4, -0.2) is 54.2 Å². The molecule has 5 rings (SSSR count). The minimum absolute atomic E-state index is 0.0437. The predicted octanol–water partition coefficient (Wildman–Crippen LogP) is 5.94. The van der Waals surface area contributed by atoms with E-state index in [-0.39, 0.29) is 29.5 Å². The molecule has 0 radical (unpaired) electrons. The summed E-state index contributed by atoms with van der Waals surface area (Å²) in [6.45, 7) is 6.84. The van der Waals surface area contributed by atoms with E-state index >= 15 is 0 Å². The molecule has 3 aromatic carbocycles. The Bertz CT molecular complexity index is 1580. The minimum Gasteiger partial charge on any atom is -0.494 e. The van der Waals surface area contributed by atoms with Gasteiger partial charge < -0.3 is 14.2 Å². The average Bonchev–Trinajstić information content (AvgIpc) is 3.49. The highest BCUT2D eigenvalue weighted by molar-refractivity contribution is 8.14. The summed E-state index contributed by atoms with van der Waals surface area (Å²) in [4.78, 5) is 49.6. The second-order valence-corrected chi connectivity index (χ2v) is 11.1. The van der Waals surface area contributed by atoms with E-state index in [4.69, 9.17) is 14.2 Å². The number of hydrogen-bond acceptors (Lipinski definition) is 8. The highest BCUT2D eigenvalue weighted by atomic mass is 32.2. The number of imide groups is 1. The van der Waals surface area contributed by atoms with E-state index < -0.39 is 5.97 Å². The Hall–Kier alpha value is -4.63. The van der Waals surface area contributed by atoms with E-state index in [0.29, 0.717) is 43.9 Å². The summed E-state index contributed by atoms with van der Waals surface area (Å²) in [6.07, 6.45) is 4.80. The van der Waals surface area contributed by atoms with Gasteiger partial charge in [0.1, 0.15) is 11.5 Å². The Kier molecular flexibility index (Phi) is 9.41. The maximum Gasteiger partial charge on any atom is 0.330 e. The van der Waals surface area contributed by atoms with Crippen molar-refractivity contribution in [2.45, 2.75) is 30.6 Å². The number of nitrogens with zero attached hydrogens (tertiary/aromatic N) is 1. The monoisotopic (exact) mass is 597 g/mol. The van der Waals surface area contributed by atoms with E-state index in [0.717, 1.165) is 39.0 Å². The van der Waals surface area contributed by atoms with Crippen LogP contribution in [0.2, 0.25) is 0 Å². The number of rotatable bonds is 13. The molecule has 3 aromatic rings. The van der Waals surface area contributed by atoms with Gasteiger partial charge in [0.15, 0.2) is 0 Å². The number of fused-ring (bicyclic) bond motifs is 3. The normalized spacial score (nSPS) is 14.8. The van der Waals surface area contributed by atoms with Gasteiger partial charge in [-0.1, -0.05) is 25.6 Å². The summed E-state index contributed by atoms with van der Waals surface area (Å²) in [7, 11) is 0. The molecular weight excluding hydrogens is 566 g/mol. The minimum atomic E-state index is -0.452. The van der Waals surface area contributed by atoms with Crippen LogP contribution < -0.4 is 9.47 Å². The number of carbonyl (C=O) groups excluding carboxylic acids is 4. The Labute approximate surface area is 254 Å². The Morgan fingerprint density at radius 1 is 0.837 bits per heavy atom. The van der Waals surface area contributed by atoms with E-state index in [1.165, 1.54) is 28.8 Å². The Balaban J connectivity index is 1.13. The largest absolute Gasteiger partial charge is 0.494 e. The first-order chi connectivity index (χ1) is 20.8. The van der Waals surface area contributed by atoms with E-state index in [1.807, 2.05) is 60.7 Å². The van der Waals surface area contributed by atoms with Crippen molar-refractivity contribution >= 4 is 34.7 Å². The first kappa shape index (κ1) is 29.8. The van der Waals surface area contributed by atoms with Gasteiger partial charge in [-0.25, -0.2) is 4.79 Å². The smallest absolute Gasteiger partial charge is 0.330 e. The van der Waals surface area contributed by atoms with Gasteiger partial charge in [-0.2, -0.15) is 0 Å². The number of carbonyl (C=O) groups is 4. The van der Waals surface area contributed by atoms with E-state index in [1.54, 1.807) is 0 Å². The van der Waals surface area contributed by atoms with Crippen molar-refractivity contribution in [2.24, 2.45) is 0 Å². The summed E-state index contributed by atoms with van der Waals surface area (Å²) in [5.74, 6) is 0.471. The summed E-state index contributed by atoms with van der Waals surface area (Å²) in [5, 5.41) is -0.0437. The zero-order chi connectivity index (χ0) is 30.3. The van der Waals surface area contributed by atoms with Crippen molar-refractivity contribution in [1.29, 1.82) is 0 Å². The number of esters is 1. The first-order valence-electron chi connectivity index (χ1n) is 14.0. The van der Waals surface area contributed by atoms with Crippen molar-refractivity contribution < 1.29 is 33.4 Å². The molecule has 2 aliphatic rings. The van der Waals surface area contributed by atoms with E-state index in [9.17, 15) is 19.2 Å². The molecule has 1 aliphatic heterocycles. The van der Waals surface area contributed by atoms with Crippen molar-refractivity contribution in [3.05, 3.63) is 102 Å². The fourth-order valence-corrected chi connectivity index (χ4v) is 5.74. The van der Waals surface area contributed by atoms with Crippen LogP contribution in [-0.2, 0) is 19.1 Å². The maximum absolute atomic E-state index is 13.2. The number of amides is 2. The second kappa shape index (κ2) is 13.6. The summed E-state index contributed by atoms with van der Waals surface area (Å²) in [5.41, 5.74) is 5.09. The number of ether oxygens (including phenoxy) is 3. The molecule has 0 saturated carbocycles. The quantitative estimate of drug-likeness (QED) is 0.0785. The molecule has 1 atom stereocenters. The highest BCUT2D eigenvalue weighted by Gasteiger charge is 2.27. The Morgan fingerprint density at radius 2 is 1.47 bits per heavy atom. The van der Waals surface area contributed by atoms with Gasteiger partial charge in [-0.05, 0) is 89.0 Å². The lowest BCUT2D eigenvalue weighted by molar-refractivity contribution is -0.138.